The lowest BCUT2D eigenvalue weighted by atomic mass is 10.2. The van der Waals surface area contributed by atoms with E-state index in [1.54, 1.807) is 23.7 Å². The average Bonchev–Trinajstić information content (AvgIpc) is 3.36. The molecule has 35 heavy (non-hydrogen) atoms. The molecule has 0 aliphatic heterocycles. The second kappa shape index (κ2) is 9.98. The molecule has 0 radical (unpaired) electrons. The SMILES string of the molecule is COc1cc(C=c2sc3nc4ccccc4n3c2=O)cc(Cl)c1OCCCOc1ccc(C)cc1. The number of aryl methyl sites for hydroxylation is 1. The Balaban J connectivity index is 1.32. The fourth-order valence-electron chi connectivity index (χ4n) is 3.78. The molecule has 0 aliphatic rings. The van der Waals surface area contributed by atoms with Gasteiger partial charge >= 0.3 is 0 Å². The van der Waals surface area contributed by atoms with Gasteiger partial charge in [0.15, 0.2) is 16.5 Å². The monoisotopic (exact) mass is 506 g/mol. The Kier molecular flexibility index (Phi) is 6.61. The van der Waals surface area contributed by atoms with Crippen LogP contribution in [0.15, 0.2) is 65.5 Å². The number of para-hydroxylation sites is 2. The zero-order valence-corrected chi connectivity index (χ0v) is 20.9. The van der Waals surface area contributed by atoms with Crippen molar-refractivity contribution in [3.63, 3.8) is 0 Å². The number of rotatable bonds is 8. The van der Waals surface area contributed by atoms with Gasteiger partial charge in [-0.05, 0) is 55.0 Å². The smallest absolute Gasteiger partial charge is 0.274 e. The number of halogens is 1. The van der Waals surface area contributed by atoms with E-state index in [9.17, 15) is 4.79 Å². The third-order valence-electron chi connectivity index (χ3n) is 5.52. The molecule has 2 heterocycles. The molecule has 0 unspecified atom stereocenters. The number of methoxy groups -OCH3 is 1. The van der Waals surface area contributed by atoms with E-state index in [1.165, 1.54) is 16.9 Å². The molecule has 0 bridgehead atoms. The van der Waals surface area contributed by atoms with E-state index < -0.39 is 0 Å². The first-order chi connectivity index (χ1) is 17.0. The highest BCUT2D eigenvalue weighted by molar-refractivity contribution is 7.15. The highest BCUT2D eigenvalue weighted by Crippen LogP contribution is 2.36. The van der Waals surface area contributed by atoms with Crippen molar-refractivity contribution >= 4 is 45.0 Å². The van der Waals surface area contributed by atoms with E-state index in [4.69, 9.17) is 25.8 Å². The topological polar surface area (TPSA) is 62.1 Å². The molecule has 0 amide bonds. The molecule has 0 fully saturated rings. The van der Waals surface area contributed by atoms with E-state index in [1.807, 2.05) is 61.5 Å². The number of nitrogens with zero attached hydrogens (tertiary/aromatic N) is 2. The Bertz CT molecular complexity index is 1610. The third kappa shape index (κ3) is 4.83. The summed E-state index contributed by atoms with van der Waals surface area (Å²) in [4.78, 5) is 18.3. The largest absolute Gasteiger partial charge is 0.493 e. The molecule has 2 aromatic heterocycles. The first-order valence-corrected chi connectivity index (χ1v) is 12.3. The lowest BCUT2D eigenvalue weighted by Gasteiger charge is -2.13. The summed E-state index contributed by atoms with van der Waals surface area (Å²) < 4.78 is 19.4. The number of aromatic nitrogens is 2. The van der Waals surface area contributed by atoms with Gasteiger partial charge in [0.2, 0.25) is 0 Å². The molecule has 8 heteroatoms. The van der Waals surface area contributed by atoms with Gasteiger partial charge in [0.1, 0.15) is 5.75 Å². The maximum absolute atomic E-state index is 13.0. The summed E-state index contributed by atoms with van der Waals surface area (Å²) in [5.41, 5.74) is 3.43. The van der Waals surface area contributed by atoms with E-state index in [-0.39, 0.29) is 5.56 Å². The summed E-state index contributed by atoms with van der Waals surface area (Å²) in [6.45, 7) is 2.98. The van der Waals surface area contributed by atoms with Crippen LogP contribution < -0.4 is 24.3 Å². The minimum absolute atomic E-state index is 0.109. The lowest BCUT2D eigenvalue weighted by molar-refractivity contribution is 0.240. The molecule has 6 nitrogen and oxygen atoms in total. The van der Waals surface area contributed by atoms with Crippen LogP contribution in [-0.2, 0) is 0 Å². The fourth-order valence-corrected chi connectivity index (χ4v) is 5.04. The van der Waals surface area contributed by atoms with Crippen LogP contribution in [0.1, 0.15) is 17.5 Å². The normalized spacial score (nSPS) is 11.9. The number of fused-ring (bicyclic) bond motifs is 3. The number of thiazole rings is 1. The van der Waals surface area contributed by atoms with Gasteiger partial charge in [-0.1, -0.05) is 52.8 Å². The first kappa shape index (κ1) is 23.2. The van der Waals surface area contributed by atoms with Gasteiger partial charge in [0, 0.05) is 6.42 Å². The summed E-state index contributed by atoms with van der Waals surface area (Å²) in [6.07, 6.45) is 2.48. The number of ether oxygens (including phenoxy) is 3. The van der Waals surface area contributed by atoms with E-state index >= 15 is 0 Å². The first-order valence-electron chi connectivity index (χ1n) is 11.1. The Morgan fingerprint density at radius 1 is 1.06 bits per heavy atom. The Morgan fingerprint density at radius 2 is 1.83 bits per heavy atom. The van der Waals surface area contributed by atoms with Crippen molar-refractivity contribution in [1.82, 2.24) is 9.38 Å². The van der Waals surface area contributed by atoms with Crippen molar-refractivity contribution in [2.75, 3.05) is 20.3 Å². The Hall–Kier alpha value is -3.55. The average molecular weight is 507 g/mol. The molecule has 3 aromatic carbocycles. The molecule has 178 valence electrons. The molecule has 0 atom stereocenters. The van der Waals surface area contributed by atoms with Crippen LogP contribution in [0.3, 0.4) is 0 Å². The van der Waals surface area contributed by atoms with E-state index in [0.29, 0.717) is 45.6 Å². The summed E-state index contributed by atoms with van der Waals surface area (Å²) in [7, 11) is 1.56. The minimum Gasteiger partial charge on any atom is -0.493 e. The van der Waals surface area contributed by atoms with Gasteiger partial charge in [-0.3, -0.25) is 4.79 Å². The molecular formula is C27H23ClN2O4S. The van der Waals surface area contributed by atoms with E-state index in [2.05, 4.69) is 4.98 Å². The Labute approximate surface area is 211 Å². The zero-order chi connectivity index (χ0) is 24.4. The van der Waals surface area contributed by atoms with Crippen LogP contribution >= 0.6 is 22.9 Å². The van der Waals surface area contributed by atoms with Gasteiger partial charge in [0.25, 0.3) is 5.56 Å². The van der Waals surface area contributed by atoms with E-state index in [0.717, 1.165) is 22.3 Å². The van der Waals surface area contributed by atoms with Crippen LogP contribution in [0, 0.1) is 6.92 Å². The van der Waals surface area contributed by atoms with Crippen molar-refractivity contribution in [3.05, 3.63) is 91.7 Å². The highest BCUT2D eigenvalue weighted by Gasteiger charge is 2.14. The molecule has 0 saturated carbocycles. The van der Waals surface area contributed by atoms with Gasteiger partial charge in [-0.25, -0.2) is 9.38 Å². The molecule has 5 rings (SSSR count). The van der Waals surface area contributed by atoms with Crippen molar-refractivity contribution in [1.29, 1.82) is 0 Å². The van der Waals surface area contributed by atoms with Gasteiger partial charge in [0.05, 0.1) is 40.9 Å². The van der Waals surface area contributed by atoms with Gasteiger partial charge < -0.3 is 14.2 Å². The van der Waals surface area contributed by atoms with Crippen LogP contribution in [-0.4, -0.2) is 29.7 Å². The van der Waals surface area contributed by atoms with Gasteiger partial charge in [-0.2, -0.15) is 0 Å². The standard InChI is InChI=1S/C27H23ClN2O4S/c1-17-8-10-19(11-9-17)33-12-5-13-34-25-20(28)14-18(15-23(25)32-2)16-24-26(31)30-22-7-4-3-6-21(22)29-27(30)35-24/h3-4,6-11,14-16H,5,12-13H2,1-2H3. The highest BCUT2D eigenvalue weighted by atomic mass is 35.5. The molecule has 0 N–H and O–H groups in total. The molecular weight excluding hydrogens is 484 g/mol. The summed E-state index contributed by atoms with van der Waals surface area (Å²) >= 11 is 7.87. The van der Waals surface area contributed by atoms with Crippen LogP contribution in [0.25, 0.3) is 22.1 Å². The minimum atomic E-state index is -0.109. The predicted molar refractivity (Wildman–Crippen MR) is 140 cm³/mol. The van der Waals surface area contributed by atoms with Crippen molar-refractivity contribution in [2.45, 2.75) is 13.3 Å². The summed E-state index contributed by atoms with van der Waals surface area (Å²) in [5, 5.41) is 0.411. The summed E-state index contributed by atoms with van der Waals surface area (Å²) in [6, 6.07) is 19.1. The van der Waals surface area contributed by atoms with Crippen molar-refractivity contribution in [3.8, 4) is 17.2 Å². The van der Waals surface area contributed by atoms with Crippen molar-refractivity contribution < 1.29 is 14.2 Å². The Morgan fingerprint density at radius 3 is 2.63 bits per heavy atom. The van der Waals surface area contributed by atoms with Crippen molar-refractivity contribution in [2.24, 2.45) is 0 Å². The van der Waals surface area contributed by atoms with Crippen LogP contribution in [0.5, 0.6) is 17.2 Å². The molecule has 0 spiro atoms. The third-order valence-corrected chi connectivity index (χ3v) is 6.77. The second-order valence-corrected chi connectivity index (χ2v) is 9.45. The zero-order valence-electron chi connectivity index (χ0n) is 19.3. The maximum Gasteiger partial charge on any atom is 0.274 e. The second-order valence-electron chi connectivity index (χ2n) is 8.03. The fraction of sp³-hybridized carbons (Fsp3) is 0.185. The van der Waals surface area contributed by atoms with Crippen LogP contribution in [0.2, 0.25) is 5.02 Å². The maximum atomic E-state index is 13.0. The quantitative estimate of drug-likeness (QED) is 0.268. The van der Waals surface area contributed by atoms with Crippen LogP contribution in [0.4, 0.5) is 0 Å². The summed E-state index contributed by atoms with van der Waals surface area (Å²) in [5.74, 6) is 1.80. The molecule has 0 aliphatic carbocycles. The number of hydrogen-bond acceptors (Lipinski definition) is 6. The van der Waals surface area contributed by atoms with Gasteiger partial charge in [-0.15, -0.1) is 0 Å². The molecule has 5 aromatic rings. The lowest BCUT2D eigenvalue weighted by Crippen LogP contribution is -2.22. The number of benzene rings is 3. The predicted octanol–water partition coefficient (Wildman–Crippen LogP) is 5.28. The number of imidazole rings is 1. The number of hydrogen-bond donors (Lipinski definition) is 0. The molecule has 0 saturated heterocycles.